The number of amides is 2. The minimum atomic E-state index is -0.784. The SMILES string of the molecule is O=C(O)CC1CC(NC(=O)CC(CNC(=O)OCC2c3ccccc3-c3ccccc32)C2CC2)C1. The molecule has 2 aromatic carbocycles. The van der Waals surface area contributed by atoms with Crippen LogP contribution in [0.4, 0.5) is 4.79 Å². The topological polar surface area (TPSA) is 105 Å². The van der Waals surface area contributed by atoms with E-state index < -0.39 is 12.1 Å². The first-order valence-electron chi connectivity index (χ1n) is 12.6. The lowest BCUT2D eigenvalue weighted by Gasteiger charge is -2.35. The molecule has 7 heteroatoms. The van der Waals surface area contributed by atoms with E-state index in [1.54, 1.807) is 0 Å². The van der Waals surface area contributed by atoms with Crippen LogP contribution in [0.2, 0.25) is 0 Å². The van der Waals surface area contributed by atoms with Gasteiger partial charge in [0.25, 0.3) is 0 Å². The van der Waals surface area contributed by atoms with Gasteiger partial charge in [-0.05, 0) is 65.7 Å². The number of nitrogens with one attached hydrogen (secondary N) is 2. The number of benzene rings is 2. The summed E-state index contributed by atoms with van der Waals surface area (Å²) >= 11 is 0. The summed E-state index contributed by atoms with van der Waals surface area (Å²) in [5.74, 6) is -0.0816. The quantitative estimate of drug-likeness (QED) is 0.474. The highest BCUT2D eigenvalue weighted by Gasteiger charge is 2.36. The van der Waals surface area contributed by atoms with Crippen LogP contribution in [0.5, 0.6) is 0 Å². The van der Waals surface area contributed by atoms with Crippen LogP contribution in [-0.4, -0.2) is 42.3 Å². The van der Waals surface area contributed by atoms with Crippen molar-refractivity contribution in [3.8, 4) is 11.1 Å². The van der Waals surface area contributed by atoms with Gasteiger partial charge in [0.1, 0.15) is 6.61 Å². The monoisotopic (exact) mass is 476 g/mol. The molecule has 1 atom stereocenters. The number of hydrogen-bond donors (Lipinski definition) is 3. The minimum absolute atomic E-state index is 0.0185. The van der Waals surface area contributed by atoms with Crippen LogP contribution in [0.1, 0.15) is 55.6 Å². The molecule has 0 bridgehead atoms. The van der Waals surface area contributed by atoms with Crippen LogP contribution >= 0.6 is 0 Å². The van der Waals surface area contributed by atoms with Gasteiger partial charge in [-0.3, -0.25) is 9.59 Å². The van der Waals surface area contributed by atoms with E-state index in [0.717, 1.165) is 25.7 Å². The van der Waals surface area contributed by atoms with Crippen molar-refractivity contribution in [2.75, 3.05) is 13.2 Å². The molecule has 1 unspecified atom stereocenters. The zero-order valence-corrected chi connectivity index (χ0v) is 19.7. The summed E-state index contributed by atoms with van der Waals surface area (Å²) in [4.78, 5) is 35.8. The average Bonchev–Trinajstić information content (AvgIpc) is 3.61. The van der Waals surface area contributed by atoms with Crippen molar-refractivity contribution in [2.24, 2.45) is 17.8 Å². The summed E-state index contributed by atoms with van der Waals surface area (Å²) in [7, 11) is 0. The number of carbonyl (C=O) groups is 3. The van der Waals surface area contributed by atoms with E-state index in [0.29, 0.717) is 18.9 Å². The Balaban J connectivity index is 1.08. The van der Waals surface area contributed by atoms with Crippen LogP contribution < -0.4 is 10.6 Å². The number of carboxylic acids is 1. The molecule has 2 saturated carbocycles. The lowest BCUT2D eigenvalue weighted by molar-refractivity contribution is -0.139. The first-order chi connectivity index (χ1) is 17.0. The largest absolute Gasteiger partial charge is 0.481 e. The van der Waals surface area contributed by atoms with E-state index >= 15 is 0 Å². The predicted molar refractivity (Wildman–Crippen MR) is 131 cm³/mol. The normalized spacial score (nSPS) is 21.3. The van der Waals surface area contributed by atoms with Gasteiger partial charge in [-0.1, -0.05) is 48.5 Å². The maximum Gasteiger partial charge on any atom is 0.407 e. The molecular weight excluding hydrogens is 444 g/mol. The molecule has 0 saturated heterocycles. The second-order valence-corrected chi connectivity index (χ2v) is 10.2. The molecule has 2 amide bonds. The summed E-state index contributed by atoms with van der Waals surface area (Å²) in [5, 5.41) is 14.8. The van der Waals surface area contributed by atoms with Crippen molar-refractivity contribution in [3.63, 3.8) is 0 Å². The fourth-order valence-corrected chi connectivity index (χ4v) is 5.63. The van der Waals surface area contributed by atoms with Crippen molar-refractivity contribution in [1.29, 1.82) is 0 Å². The molecule has 0 radical (unpaired) electrons. The van der Waals surface area contributed by atoms with E-state index in [9.17, 15) is 14.4 Å². The van der Waals surface area contributed by atoms with Gasteiger partial charge >= 0.3 is 12.1 Å². The van der Waals surface area contributed by atoms with Gasteiger partial charge in [0, 0.05) is 31.3 Å². The molecule has 3 aliphatic rings. The fraction of sp³-hybridized carbons (Fsp3) is 0.464. The van der Waals surface area contributed by atoms with Crippen LogP contribution in [0.3, 0.4) is 0 Å². The average molecular weight is 477 g/mol. The molecule has 0 aromatic heterocycles. The third kappa shape index (κ3) is 5.50. The summed E-state index contributed by atoms with van der Waals surface area (Å²) in [6.07, 6.45) is 3.69. The van der Waals surface area contributed by atoms with E-state index in [2.05, 4.69) is 34.9 Å². The van der Waals surface area contributed by atoms with Crippen molar-refractivity contribution in [2.45, 2.75) is 50.5 Å². The summed E-state index contributed by atoms with van der Waals surface area (Å²) in [5.41, 5.74) is 4.74. The Labute approximate surface area is 205 Å². The molecule has 5 rings (SSSR count). The van der Waals surface area contributed by atoms with Gasteiger partial charge < -0.3 is 20.5 Å². The number of aliphatic carboxylic acids is 1. The zero-order valence-electron chi connectivity index (χ0n) is 19.7. The Kier molecular flexibility index (Phi) is 6.75. The van der Waals surface area contributed by atoms with Gasteiger partial charge in [-0.25, -0.2) is 4.79 Å². The lowest BCUT2D eigenvalue weighted by atomic mass is 9.78. The molecule has 3 N–H and O–H groups in total. The molecule has 2 aromatic rings. The van der Waals surface area contributed by atoms with Crippen molar-refractivity contribution >= 4 is 18.0 Å². The second kappa shape index (κ2) is 10.1. The summed E-state index contributed by atoms with van der Waals surface area (Å²) in [6.45, 7) is 0.689. The number of alkyl carbamates (subject to hydrolysis) is 1. The second-order valence-electron chi connectivity index (χ2n) is 10.2. The van der Waals surface area contributed by atoms with Gasteiger partial charge in [0.05, 0.1) is 0 Å². The Morgan fingerprint density at radius 2 is 1.60 bits per heavy atom. The van der Waals surface area contributed by atoms with E-state index in [-0.39, 0.29) is 42.7 Å². The molecule has 7 nitrogen and oxygen atoms in total. The van der Waals surface area contributed by atoms with Crippen molar-refractivity contribution in [1.82, 2.24) is 10.6 Å². The number of ether oxygens (including phenoxy) is 1. The van der Waals surface area contributed by atoms with Crippen LogP contribution in [0.15, 0.2) is 48.5 Å². The first-order valence-corrected chi connectivity index (χ1v) is 12.6. The number of fused-ring (bicyclic) bond motifs is 3. The molecule has 184 valence electrons. The molecule has 2 fully saturated rings. The van der Waals surface area contributed by atoms with E-state index in [1.165, 1.54) is 22.3 Å². The van der Waals surface area contributed by atoms with Gasteiger partial charge in [0.2, 0.25) is 5.91 Å². The van der Waals surface area contributed by atoms with Gasteiger partial charge in [-0.2, -0.15) is 0 Å². The van der Waals surface area contributed by atoms with Crippen LogP contribution in [-0.2, 0) is 14.3 Å². The van der Waals surface area contributed by atoms with Crippen molar-refractivity contribution in [3.05, 3.63) is 59.7 Å². The predicted octanol–water partition coefficient (Wildman–Crippen LogP) is 4.31. The maximum atomic E-state index is 12.5. The number of carbonyl (C=O) groups excluding carboxylic acids is 2. The number of hydrogen-bond acceptors (Lipinski definition) is 4. The molecule has 0 aliphatic heterocycles. The highest BCUT2D eigenvalue weighted by Crippen LogP contribution is 2.44. The number of rotatable bonds is 10. The molecule has 3 aliphatic carbocycles. The Hall–Kier alpha value is -3.35. The van der Waals surface area contributed by atoms with Gasteiger partial charge in [-0.15, -0.1) is 0 Å². The van der Waals surface area contributed by atoms with E-state index in [1.807, 2.05) is 24.3 Å². The Morgan fingerprint density at radius 3 is 2.20 bits per heavy atom. The van der Waals surface area contributed by atoms with Crippen LogP contribution in [0.25, 0.3) is 11.1 Å². The molecule has 0 heterocycles. The standard InChI is InChI=1S/C28H32N2O5/c31-26(30-20-11-17(12-20)13-27(32)33)14-19(18-9-10-18)15-29-28(34)35-16-25-23-7-3-1-5-21(23)22-6-2-4-8-24(22)25/h1-8,17-20,25H,9-16H2,(H,29,34)(H,30,31)(H,32,33). The minimum Gasteiger partial charge on any atom is -0.481 e. The first kappa shape index (κ1) is 23.4. The highest BCUT2D eigenvalue weighted by atomic mass is 16.5. The third-order valence-corrected chi connectivity index (χ3v) is 7.65. The molecule has 0 spiro atoms. The van der Waals surface area contributed by atoms with Gasteiger partial charge in [0.15, 0.2) is 0 Å². The molecular formula is C28H32N2O5. The Bertz CT molecular complexity index is 1060. The van der Waals surface area contributed by atoms with Crippen molar-refractivity contribution < 1.29 is 24.2 Å². The van der Waals surface area contributed by atoms with Crippen LogP contribution in [0, 0.1) is 17.8 Å². The molecule has 35 heavy (non-hydrogen) atoms. The smallest absolute Gasteiger partial charge is 0.407 e. The fourth-order valence-electron chi connectivity index (χ4n) is 5.63. The maximum absolute atomic E-state index is 12.5. The lowest BCUT2D eigenvalue weighted by Crippen LogP contribution is -2.45. The Morgan fingerprint density at radius 1 is 0.971 bits per heavy atom. The number of carboxylic acid groups (broad SMARTS) is 1. The highest BCUT2D eigenvalue weighted by molar-refractivity contribution is 5.79. The third-order valence-electron chi connectivity index (χ3n) is 7.65. The zero-order chi connectivity index (χ0) is 24.4. The summed E-state index contributed by atoms with van der Waals surface area (Å²) in [6, 6.07) is 16.5. The van der Waals surface area contributed by atoms with E-state index in [4.69, 9.17) is 9.84 Å². The summed E-state index contributed by atoms with van der Waals surface area (Å²) < 4.78 is 5.63.